The van der Waals surface area contributed by atoms with E-state index in [1.807, 2.05) is 6.92 Å². The van der Waals surface area contributed by atoms with Crippen LogP contribution in [-0.2, 0) is 26.2 Å². The van der Waals surface area contributed by atoms with Crippen molar-refractivity contribution in [1.29, 1.82) is 0 Å². The summed E-state index contributed by atoms with van der Waals surface area (Å²) < 4.78 is 31.4. The number of rotatable bonds is 14. The Morgan fingerprint density at radius 3 is 2.32 bits per heavy atom. The van der Waals surface area contributed by atoms with Gasteiger partial charge < -0.3 is 15.0 Å². The Morgan fingerprint density at radius 1 is 1.03 bits per heavy atom. The Morgan fingerprint density at radius 2 is 1.74 bits per heavy atom. The summed E-state index contributed by atoms with van der Waals surface area (Å²) in [6.07, 6.45) is 3.08. The van der Waals surface area contributed by atoms with E-state index in [1.165, 1.54) is 22.4 Å². The average Bonchev–Trinajstić information content (AvgIpc) is 2.86. The predicted molar refractivity (Wildman–Crippen MR) is 154 cm³/mol. The van der Waals surface area contributed by atoms with Crippen molar-refractivity contribution < 1.29 is 22.7 Å². The van der Waals surface area contributed by atoms with E-state index < -0.39 is 16.1 Å². The second kappa shape index (κ2) is 14.8. The standard InChI is InChI=1S/C26H34Cl3N3O5S/c1-5-6-13-30-26(34)18(2)31(17-19-9-11-21(27)22(28)15-19)25(33)8-7-14-32(38(4,35)36)20-10-12-24(37-3)23(29)16-20/h9-12,15-16,18H,5-8,13-14,17H2,1-4H3,(H,30,34)/t18-/m0/s1. The molecule has 2 rings (SSSR count). The van der Waals surface area contributed by atoms with Crippen molar-refractivity contribution in [3.05, 3.63) is 57.0 Å². The van der Waals surface area contributed by atoms with Gasteiger partial charge in [0.1, 0.15) is 11.8 Å². The fourth-order valence-electron chi connectivity index (χ4n) is 3.77. The van der Waals surface area contributed by atoms with E-state index in [0.29, 0.717) is 33.6 Å². The number of methoxy groups -OCH3 is 1. The molecule has 12 heteroatoms. The monoisotopic (exact) mass is 605 g/mol. The zero-order valence-corrected chi connectivity index (χ0v) is 25.1. The van der Waals surface area contributed by atoms with Gasteiger partial charge in [-0.25, -0.2) is 8.42 Å². The van der Waals surface area contributed by atoms with Crippen molar-refractivity contribution in [1.82, 2.24) is 10.2 Å². The average molecular weight is 607 g/mol. The lowest BCUT2D eigenvalue weighted by molar-refractivity contribution is -0.140. The van der Waals surface area contributed by atoms with Crippen LogP contribution in [-0.4, -0.2) is 57.6 Å². The van der Waals surface area contributed by atoms with E-state index in [-0.39, 0.29) is 42.8 Å². The quantitative estimate of drug-likeness (QED) is 0.285. The molecule has 0 aliphatic carbocycles. The smallest absolute Gasteiger partial charge is 0.242 e. The van der Waals surface area contributed by atoms with Crippen LogP contribution < -0.4 is 14.4 Å². The number of carbonyl (C=O) groups excluding carboxylic acids is 2. The molecule has 0 spiro atoms. The maximum absolute atomic E-state index is 13.4. The van der Waals surface area contributed by atoms with E-state index in [9.17, 15) is 18.0 Å². The summed E-state index contributed by atoms with van der Waals surface area (Å²) in [6, 6.07) is 8.96. The molecule has 0 fully saturated rings. The Balaban J connectivity index is 2.19. The number of hydrogen-bond acceptors (Lipinski definition) is 5. The summed E-state index contributed by atoms with van der Waals surface area (Å²) in [7, 11) is -2.19. The zero-order valence-electron chi connectivity index (χ0n) is 22.0. The third-order valence-electron chi connectivity index (χ3n) is 5.91. The molecule has 0 radical (unpaired) electrons. The number of nitrogens with one attached hydrogen (secondary N) is 1. The second-order valence-corrected chi connectivity index (χ2v) is 12.0. The molecule has 0 aliphatic rings. The molecule has 2 aromatic rings. The topological polar surface area (TPSA) is 96.0 Å². The Bertz CT molecular complexity index is 1230. The van der Waals surface area contributed by atoms with E-state index in [2.05, 4.69) is 5.32 Å². The van der Waals surface area contributed by atoms with Crippen LogP contribution in [0.15, 0.2) is 36.4 Å². The van der Waals surface area contributed by atoms with Crippen molar-refractivity contribution in [3.63, 3.8) is 0 Å². The molecule has 1 atom stereocenters. The van der Waals surface area contributed by atoms with Crippen molar-refractivity contribution >= 4 is 62.3 Å². The van der Waals surface area contributed by atoms with Gasteiger partial charge in [-0.1, -0.05) is 54.2 Å². The lowest BCUT2D eigenvalue weighted by Gasteiger charge is -2.29. The maximum Gasteiger partial charge on any atom is 0.242 e. The van der Waals surface area contributed by atoms with Crippen molar-refractivity contribution in [2.24, 2.45) is 0 Å². The van der Waals surface area contributed by atoms with Gasteiger partial charge in [0.15, 0.2) is 0 Å². The van der Waals surface area contributed by atoms with Gasteiger partial charge in [0.2, 0.25) is 21.8 Å². The Hall–Kier alpha value is -2.20. The molecular weight excluding hydrogens is 573 g/mol. The fraction of sp³-hybridized carbons (Fsp3) is 0.462. The Labute approximate surface area is 240 Å². The molecule has 2 amide bonds. The van der Waals surface area contributed by atoms with Crippen LogP contribution in [0.25, 0.3) is 0 Å². The number of amides is 2. The van der Waals surface area contributed by atoms with E-state index in [4.69, 9.17) is 39.5 Å². The number of nitrogens with zero attached hydrogens (tertiary/aromatic N) is 2. The number of ether oxygens (including phenoxy) is 1. The van der Waals surface area contributed by atoms with Crippen molar-refractivity contribution in [2.45, 2.75) is 52.1 Å². The molecule has 210 valence electrons. The third-order valence-corrected chi connectivity index (χ3v) is 8.14. The highest BCUT2D eigenvalue weighted by atomic mass is 35.5. The molecule has 0 heterocycles. The number of hydrogen-bond donors (Lipinski definition) is 1. The largest absolute Gasteiger partial charge is 0.495 e. The van der Waals surface area contributed by atoms with Crippen LogP contribution >= 0.6 is 34.8 Å². The van der Waals surface area contributed by atoms with Gasteiger partial charge in [-0.3, -0.25) is 13.9 Å². The fourth-order valence-corrected chi connectivity index (χ4v) is 5.30. The highest BCUT2D eigenvalue weighted by molar-refractivity contribution is 7.92. The van der Waals surface area contributed by atoms with Gasteiger partial charge in [0.05, 0.1) is 34.1 Å². The SMILES string of the molecule is CCCCNC(=O)[C@H](C)N(Cc1ccc(Cl)c(Cl)c1)C(=O)CCCN(c1ccc(OC)c(Cl)c1)S(C)(=O)=O. The first-order chi connectivity index (χ1) is 17.9. The molecule has 1 N–H and O–H groups in total. The summed E-state index contributed by atoms with van der Waals surface area (Å²) in [6.45, 7) is 4.39. The van der Waals surface area contributed by atoms with E-state index in [1.54, 1.807) is 37.3 Å². The Kier molecular flexibility index (Phi) is 12.5. The summed E-state index contributed by atoms with van der Waals surface area (Å²) in [5.41, 5.74) is 1.08. The number of sulfonamides is 1. The van der Waals surface area contributed by atoms with Gasteiger partial charge in [0.25, 0.3) is 0 Å². The van der Waals surface area contributed by atoms with Gasteiger partial charge in [0, 0.05) is 26.1 Å². The van der Waals surface area contributed by atoms with Gasteiger partial charge in [-0.05, 0) is 55.7 Å². The lowest BCUT2D eigenvalue weighted by atomic mass is 10.1. The van der Waals surface area contributed by atoms with Gasteiger partial charge in [-0.2, -0.15) is 0 Å². The number of carbonyl (C=O) groups is 2. The molecule has 0 unspecified atom stereocenters. The number of benzene rings is 2. The first kappa shape index (κ1) is 32.0. The molecule has 0 bridgehead atoms. The van der Waals surface area contributed by atoms with Crippen molar-refractivity contribution in [3.8, 4) is 5.75 Å². The second-order valence-electron chi connectivity index (χ2n) is 8.85. The maximum atomic E-state index is 13.4. The van der Waals surface area contributed by atoms with E-state index in [0.717, 1.165) is 19.1 Å². The van der Waals surface area contributed by atoms with Crippen LogP contribution in [0.1, 0.15) is 45.1 Å². The number of anilines is 1. The molecule has 0 aromatic heterocycles. The predicted octanol–water partition coefficient (Wildman–Crippen LogP) is 5.54. The van der Waals surface area contributed by atoms with Crippen LogP contribution in [0.2, 0.25) is 15.1 Å². The molecule has 38 heavy (non-hydrogen) atoms. The summed E-state index contributed by atoms with van der Waals surface area (Å²) in [5.74, 6) is -0.142. The van der Waals surface area contributed by atoms with Crippen molar-refractivity contribution in [2.75, 3.05) is 30.8 Å². The molecule has 8 nitrogen and oxygen atoms in total. The number of unbranched alkanes of at least 4 members (excludes halogenated alkanes) is 1. The van der Waals surface area contributed by atoms with Crippen LogP contribution in [0.4, 0.5) is 5.69 Å². The normalized spacial score (nSPS) is 12.1. The summed E-state index contributed by atoms with van der Waals surface area (Å²) in [5, 5.41) is 3.87. The van der Waals surface area contributed by atoms with E-state index >= 15 is 0 Å². The first-order valence-corrected chi connectivity index (χ1v) is 15.2. The molecule has 0 saturated heterocycles. The lowest BCUT2D eigenvalue weighted by Crippen LogP contribution is -2.48. The van der Waals surface area contributed by atoms with Crippen LogP contribution in [0.5, 0.6) is 5.75 Å². The molecule has 0 saturated carbocycles. The van der Waals surface area contributed by atoms with Crippen LogP contribution in [0.3, 0.4) is 0 Å². The first-order valence-electron chi connectivity index (χ1n) is 12.2. The zero-order chi connectivity index (χ0) is 28.5. The number of halogens is 3. The van der Waals surface area contributed by atoms with Gasteiger partial charge >= 0.3 is 0 Å². The van der Waals surface area contributed by atoms with Gasteiger partial charge in [-0.15, -0.1) is 0 Å². The minimum absolute atomic E-state index is 0.0177. The summed E-state index contributed by atoms with van der Waals surface area (Å²) in [4.78, 5) is 27.6. The third kappa shape index (κ3) is 9.22. The highest BCUT2D eigenvalue weighted by Crippen LogP contribution is 2.30. The molecule has 0 aliphatic heterocycles. The highest BCUT2D eigenvalue weighted by Gasteiger charge is 2.27. The molecule has 2 aromatic carbocycles. The van der Waals surface area contributed by atoms with Crippen LogP contribution in [0, 0.1) is 0 Å². The minimum Gasteiger partial charge on any atom is -0.495 e. The molecular formula is C26H34Cl3N3O5S. The minimum atomic E-state index is -3.65. The summed E-state index contributed by atoms with van der Waals surface area (Å²) >= 11 is 18.4.